The van der Waals surface area contributed by atoms with Crippen LogP contribution >= 0.6 is 46.3 Å². The molecule has 116 valence electrons. The predicted octanol–water partition coefficient (Wildman–Crippen LogP) is 7.10. The summed E-state index contributed by atoms with van der Waals surface area (Å²) < 4.78 is 0. The maximum absolute atomic E-state index is 6.04. The lowest BCUT2D eigenvalue weighted by Gasteiger charge is -2.04. The van der Waals surface area contributed by atoms with Gasteiger partial charge in [-0.15, -0.1) is 23.1 Å². The summed E-state index contributed by atoms with van der Waals surface area (Å²) in [6.07, 6.45) is 1.89. The van der Waals surface area contributed by atoms with E-state index in [-0.39, 0.29) is 0 Å². The molecule has 0 aliphatic carbocycles. The fraction of sp³-hybridized carbons (Fsp3) is 0.0556. The van der Waals surface area contributed by atoms with Crippen LogP contribution in [0.1, 0.15) is 10.4 Å². The Bertz CT molecular complexity index is 796. The summed E-state index contributed by atoms with van der Waals surface area (Å²) in [5.41, 5.74) is 2.11. The molecule has 3 aromatic rings. The highest BCUT2D eigenvalue weighted by atomic mass is 35.5. The molecule has 1 nitrogen and oxygen atoms in total. The van der Waals surface area contributed by atoms with E-state index in [1.54, 1.807) is 23.1 Å². The molecule has 1 heterocycles. The molecule has 0 amide bonds. The normalized spacial score (nSPS) is 11.2. The molecule has 0 atom stereocenters. The second kappa shape index (κ2) is 8.02. The summed E-state index contributed by atoms with van der Waals surface area (Å²) >= 11 is 15.4. The smallest absolute Gasteiger partial charge is 0.0631 e. The fourth-order valence-electron chi connectivity index (χ4n) is 1.93. The van der Waals surface area contributed by atoms with Crippen molar-refractivity contribution in [3.05, 3.63) is 80.5 Å². The van der Waals surface area contributed by atoms with E-state index in [0.717, 1.165) is 21.9 Å². The first kappa shape index (κ1) is 16.6. The van der Waals surface area contributed by atoms with E-state index in [1.807, 2.05) is 48.0 Å². The lowest BCUT2D eigenvalue weighted by molar-refractivity contribution is 1.37. The molecule has 0 radical (unpaired) electrons. The van der Waals surface area contributed by atoms with Crippen molar-refractivity contribution in [1.29, 1.82) is 0 Å². The Labute approximate surface area is 154 Å². The summed E-state index contributed by atoms with van der Waals surface area (Å²) in [7, 11) is 0. The molecule has 0 fully saturated rings. The van der Waals surface area contributed by atoms with Gasteiger partial charge >= 0.3 is 0 Å². The van der Waals surface area contributed by atoms with Gasteiger partial charge in [-0.3, -0.25) is 4.99 Å². The first-order valence-corrected chi connectivity index (χ1v) is 9.57. The van der Waals surface area contributed by atoms with Crippen LogP contribution in [0.2, 0.25) is 10.0 Å². The molecular formula is C18H13Cl2NS2. The number of hydrogen-bond donors (Lipinski definition) is 0. The highest BCUT2D eigenvalue weighted by Crippen LogP contribution is 2.28. The average Bonchev–Trinajstić information content (AvgIpc) is 3.08. The summed E-state index contributed by atoms with van der Waals surface area (Å²) in [6, 6.07) is 18.1. The summed E-state index contributed by atoms with van der Waals surface area (Å²) in [4.78, 5) is 6.83. The van der Waals surface area contributed by atoms with Gasteiger partial charge in [-0.05, 0) is 53.4 Å². The van der Waals surface area contributed by atoms with Crippen molar-refractivity contribution in [3.8, 4) is 0 Å². The zero-order valence-electron chi connectivity index (χ0n) is 12.1. The van der Waals surface area contributed by atoms with Gasteiger partial charge in [-0.2, -0.15) is 0 Å². The van der Waals surface area contributed by atoms with Crippen LogP contribution in [0.15, 0.2) is 69.9 Å². The molecule has 5 heteroatoms. The van der Waals surface area contributed by atoms with Crippen molar-refractivity contribution >= 4 is 58.2 Å². The van der Waals surface area contributed by atoms with E-state index < -0.39 is 0 Å². The minimum atomic E-state index is 0.591. The molecule has 0 saturated heterocycles. The largest absolute Gasteiger partial charge is 0.255 e. The second-order valence-electron chi connectivity index (χ2n) is 4.80. The number of halogens is 2. The van der Waals surface area contributed by atoms with Crippen molar-refractivity contribution in [2.75, 3.05) is 0 Å². The molecule has 0 spiro atoms. The van der Waals surface area contributed by atoms with Gasteiger partial charge in [-0.1, -0.05) is 35.3 Å². The first-order valence-electron chi connectivity index (χ1n) is 6.95. The minimum absolute atomic E-state index is 0.591. The molecule has 0 unspecified atom stereocenters. The van der Waals surface area contributed by atoms with E-state index in [1.165, 1.54) is 4.90 Å². The molecule has 0 aliphatic rings. The number of aliphatic imine (C=N–C) groups is 1. The van der Waals surface area contributed by atoms with Crippen LogP contribution in [-0.2, 0) is 5.75 Å². The third-order valence-corrected chi connectivity index (χ3v) is 5.74. The Balaban J connectivity index is 1.60. The molecule has 1 aromatic heterocycles. The number of rotatable bonds is 5. The van der Waals surface area contributed by atoms with Crippen LogP contribution in [0, 0.1) is 0 Å². The number of nitrogens with zero attached hydrogens (tertiary/aromatic N) is 1. The Morgan fingerprint density at radius 3 is 2.52 bits per heavy atom. The SMILES string of the molecule is Clc1ccc(CSc2ccc(N=Cc3cccs3)cc2)cc1Cl. The van der Waals surface area contributed by atoms with E-state index in [2.05, 4.69) is 23.2 Å². The van der Waals surface area contributed by atoms with Crippen LogP contribution in [0.4, 0.5) is 5.69 Å². The molecule has 2 aromatic carbocycles. The lowest BCUT2D eigenvalue weighted by atomic mass is 10.2. The predicted molar refractivity (Wildman–Crippen MR) is 104 cm³/mol. The Morgan fingerprint density at radius 1 is 1.00 bits per heavy atom. The number of hydrogen-bond acceptors (Lipinski definition) is 3. The van der Waals surface area contributed by atoms with Gasteiger partial charge in [0.15, 0.2) is 0 Å². The lowest BCUT2D eigenvalue weighted by Crippen LogP contribution is -1.81. The summed E-state index contributed by atoms with van der Waals surface area (Å²) in [5.74, 6) is 0.856. The molecule has 0 bridgehead atoms. The van der Waals surface area contributed by atoms with Gasteiger partial charge in [0.2, 0.25) is 0 Å². The van der Waals surface area contributed by atoms with Crippen molar-refractivity contribution < 1.29 is 0 Å². The Morgan fingerprint density at radius 2 is 1.83 bits per heavy atom. The van der Waals surface area contributed by atoms with Crippen molar-refractivity contribution in [3.63, 3.8) is 0 Å². The van der Waals surface area contributed by atoms with Crippen LogP contribution < -0.4 is 0 Å². The molecule has 3 rings (SSSR count). The number of benzene rings is 2. The van der Waals surface area contributed by atoms with Gasteiger partial charge in [0.25, 0.3) is 0 Å². The topological polar surface area (TPSA) is 12.4 Å². The van der Waals surface area contributed by atoms with Crippen LogP contribution in [0.25, 0.3) is 0 Å². The van der Waals surface area contributed by atoms with Crippen LogP contribution in [0.5, 0.6) is 0 Å². The quantitative estimate of drug-likeness (QED) is 0.341. The van der Waals surface area contributed by atoms with Gasteiger partial charge in [-0.25, -0.2) is 0 Å². The zero-order valence-corrected chi connectivity index (χ0v) is 15.2. The average molecular weight is 378 g/mol. The molecule has 23 heavy (non-hydrogen) atoms. The standard InChI is InChI=1S/C18H13Cl2NS2/c19-17-8-3-13(10-18(17)20)12-23-15-6-4-14(5-7-15)21-11-16-2-1-9-22-16/h1-11H,12H2. The molecule has 0 N–H and O–H groups in total. The first-order chi connectivity index (χ1) is 11.2. The summed E-state index contributed by atoms with van der Waals surface area (Å²) in [6.45, 7) is 0. The maximum atomic E-state index is 6.04. The van der Waals surface area contributed by atoms with Crippen molar-refractivity contribution in [2.24, 2.45) is 4.99 Å². The highest BCUT2D eigenvalue weighted by Gasteiger charge is 2.01. The van der Waals surface area contributed by atoms with Crippen molar-refractivity contribution in [1.82, 2.24) is 0 Å². The molecule has 0 saturated carbocycles. The second-order valence-corrected chi connectivity index (χ2v) is 7.65. The number of thiophene rings is 1. The van der Waals surface area contributed by atoms with E-state index >= 15 is 0 Å². The van der Waals surface area contributed by atoms with E-state index in [0.29, 0.717) is 10.0 Å². The van der Waals surface area contributed by atoms with Gasteiger partial charge in [0.1, 0.15) is 0 Å². The Hall–Kier alpha value is -1.26. The number of thioether (sulfide) groups is 1. The van der Waals surface area contributed by atoms with Crippen LogP contribution in [-0.4, -0.2) is 6.21 Å². The van der Waals surface area contributed by atoms with Crippen LogP contribution in [0.3, 0.4) is 0 Å². The molecular weight excluding hydrogens is 365 g/mol. The van der Waals surface area contributed by atoms with E-state index in [9.17, 15) is 0 Å². The monoisotopic (exact) mass is 377 g/mol. The van der Waals surface area contributed by atoms with E-state index in [4.69, 9.17) is 23.2 Å². The highest BCUT2D eigenvalue weighted by molar-refractivity contribution is 7.98. The van der Waals surface area contributed by atoms with Gasteiger partial charge in [0.05, 0.1) is 15.7 Å². The third kappa shape index (κ3) is 4.85. The van der Waals surface area contributed by atoms with Gasteiger partial charge < -0.3 is 0 Å². The molecule has 0 aliphatic heterocycles. The van der Waals surface area contributed by atoms with Crippen molar-refractivity contribution in [2.45, 2.75) is 10.6 Å². The maximum Gasteiger partial charge on any atom is 0.0631 e. The van der Waals surface area contributed by atoms with Gasteiger partial charge in [0, 0.05) is 21.7 Å². The fourth-order valence-corrected chi connectivity index (χ4v) is 3.67. The summed E-state index contributed by atoms with van der Waals surface area (Å²) in [5, 5.41) is 3.24. The third-order valence-electron chi connectivity index (χ3n) is 3.11. The Kier molecular flexibility index (Phi) is 5.79. The minimum Gasteiger partial charge on any atom is -0.255 e. The zero-order chi connectivity index (χ0) is 16.1.